The summed E-state index contributed by atoms with van der Waals surface area (Å²) in [4.78, 5) is 23.2. The van der Waals surface area contributed by atoms with E-state index in [0.29, 0.717) is 6.42 Å². The molecule has 21 heavy (non-hydrogen) atoms. The molecular weight excluding hydrogens is 270 g/mol. The van der Waals surface area contributed by atoms with Crippen LogP contribution in [0.4, 0.5) is 4.79 Å². The maximum absolute atomic E-state index is 11.7. The highest BCUT2D eigenvalue weighted by Crippen LogP contribution is 2.73. The number of carbonyl (C=O) groups excluding carboxylic acids is 1. The van der Waals surface area contributed by atoms with Gasteiger partial charge in [-0.2, -0.15) is 0 Å². The number of carboxylic acid groups (broad SMARTS) is 1. The summed E-state index contributed by atoms with van der Waals surface area (Å²) in [5.74, 6) is -0.800. The number of amides is 1. The highest BCUT2D eigenvalue weighted by molar-refractivity contribution is 5.81. The molecule has 2 N–H and O–H groups in total. The van der Waals surface area contributed by atoms with Crippen molar-refractivity contribution in [1.29, 1.82) is 0 Å². The third-order valence-electron chi connectivity index (χ3n) is 5.00. The standard InChI is InChI=1S/C16H19NO4/c18-13(19)16(10-15(16)7-4-8-15)11-17-14(20)21-9-12-5-2-1-3-6-12/h1-3,5-6H,4,7-11H2,(H,17,20)(H,18,19). The van der Waals surface area contributed by atoms with Crippen LogP contribution in [0.1, 0.15) is 31.2 Å². The summed E-state index contributed by atoms with van der Waals surface area (Å²) in [6, 6.07) is 9.39. The van der Waals surface area contributed by atoms with Crippen molar-refractivity contribution in [2.45, 2.75) is 32.3 Å². The van der Waals surface area contributed by atoms with Crippen molar-refractivity contribution in [2.24, 2.45) is 10.8 Å². The molecule has 5 heteroatoms. The molecule has 112 valence electrons. The average Bonchev–Trinajstić information content (AvgIpc) is 3.15. The van der Waals surface area contributed by atoms with Gasteiger partial charge in [0.15, 0.2) is 0 Å². The van der Waals surface area contributed by atoms with E-state index < -0.39 is 17.5 Å². The first kappa shape index (κ1) is 13.9. The molecule has 1 atom stereocenters. The van der Waals surface area contributed by atoms with Crippen molar-refractivity contribution >= 4 is 12.1 Å². The van der Waals surface area contributed by atoms with Gasteiger partial charge in [0, 0.05) is 6.54 Å². The van der Waals surface area contributed by atoms with Crippen LogP contribution in [0.5, 0.6) is 0 Å². The SMILES string of the molecule is O=C(NCC1(C(=O)O)CC12CCC2)OCc1ccccc1. The molecule has 2 aliphatic rings. The molecule has 1 aromatic rings. The van der Waals surface area contributed by atoms with Gasteiger partial charge in [-0.05, 0) is 30.2 Å². The lowest BCUT2D eigenvalue weighted by Crippen LogP contribution is -2.39. The van der Waals surface area contributed by atoms with Gasteiger partial charge >= 0.3 is 12.1 Å². The number of carboxylic acids is 1. The van der Waals surface area contributed by atoms with Crippen molar-refractivity contribution in [1.82, 2.24) is 5.32 Å². The smallest absolute Gasteiger partial charge is 0.407 e. The quantitative estimate of drug-likeness (QED) is 0.873. The second-order valence-corrected chi connectivity index (χ2v) is 6.11. The van der Waals surface area contributed by atoms with Crippen LogP contribution in [-0.2, 0) is 16.1 Å². The Kier molecular flexibility index (Phi) is 3.35. The van der Waals surface area contributed by atoms with Crippen molar-refractivity contribution in [3.8, 4) is 0 Å². The topological polar surface area (TPSA) is 75.6 Å². The van der Waals surface area contributed by atoms with Gasteiger partial charge in [-0.25, -0.2) is 4.79 Å². The number of benzene rings is 1. The monoisotopic (exact) mass is 289 g/mol. The van der Waals surface area contributed by atoms with Crippen molar-refractivity contribution in [3.05, 3.63) is 35.9 Å². The van der Waals surface area contributed by atoms with Crippen molar-refractivity contribution in [3.63, 3.8) is 0 Å². The lowest BCUT2D eigenvalue weighted by atomic mass is 9.75. The number of alkyl carbamates (subject to hydrolysis) is 1. The molecule has 2 aliphatic carbocycles. The third kappa shape index (κ3) is 2.37. The highest BCUT2D eigenvalue weighted by Gasteiger charge is 2.73. The minimum absolute atomic E-state index is 0.0639. The first-order valence-corrected chi connectivity index (χ1v) is 7.26. The fraction of sp³-hybridized carbons (Fsp3) is 0.500. The summed E-state index contributed by atoms with van der Waals surface area (Å²) in [5, 5.41) is 12.1. The lowest BCUT2D eigenvalue weighted by molar-refractivity contribution is -0.145. The number of nitrogens with one attached hydrogen (secondary N) is 1. The Balaban J connectivity index is 1.48. The van der Waals surface area contributed by atoms with E-state index in [2.05, 4.69) is 5.32 Å². The zero-order valence-electron chi connectivity index (χ0n) is 11.8. The lowest BCUT2D eigenvalue weighted by Gasteiger charge is -2.30. The molecule has 0 radical (unpaired) electrons. The summed E-state index contributed by atoms with van der Waals surface area (Å²) in [6.07, 6.45) is 3.13. The number of hydrogen-bond donors (Lipinski definition) is 2. The number of carbonyl (C=O) groups is 2. The Hall–Kier alpha value is -2.04. The normalized spacial score (nSPS) is 25.0. The number of rotatable bonds is 5. The van der Waals surface area contributed by atoms with E-state index in [9.17, 15) is 14.7 Å². The molecule has 0 aliphatic heterocycles. The van der Waals surface area contributed by atoms with E-state index in [1.165, 1.54) is 0 Å². The summed E-state index contributed by atoms with van der Waals surface area (Å²) >= 11 is 0. The van der Waals surface area contributed by atoms with Crippen LogP contribution in [0.3, 0.4) is 0 Å². The van der Waals surface area contributed by atoms with Crippen LogP contribution >= 0.6 is 0 Å². The molecule has 0 aromatic heterocycles. The fourth-order valence-corrected chi connectivity index (χ4v) is 3.42. The van der Waals surface area contributed by atoms with E-state index >= 15 is 0 Å². The molecular formula is C16H19NO4. The van der Waals surface area contributed by atoms with Gasteiger partial charge in [0.2, 0.25) is 0 Å². The predicted octanol–water partition coefficient (Wildman–Crippen LogP) is 2.56. The molecule has 1 aromatic carbocycles. The molecule has 1 unspecified atom stereocenters. The summed E-state index contributed by atoms with van der Waals surface area (Å²) < 4.78 is 5.11. The zero-order chi connectivity index (χ0) is 14.9. The molecule has 3 rings (SSSR count). The molecule has 0 heterocycles. The van der Waals surface area contributed by atoms with Crippen LogP contribution in [0.2, 0.25) is 0 Å². The van der Waals surface area contributed by atoms with E-state index in [4.69, 9.17) is 4.74 Å². The van der Waals surface area contributed by atoms with Gasteiger partial charge in [0.25, 0.3) is 0 Å². The molecule has 5 nitrogen and oxygen atoms in total. The molecule has 2 fully saturated rings. The second-order valence-electron chi connectivity index (χ2n) is 6.11. The maximum Gasteiger partial charge on any atom is 0.407 e. The van der Waals surface area contributed by atoms with Gasteiger partial charge in [-0.3, -0.25) is 4.79 Å². The van der Waals surface area contributed by atoms with E-state index in [-0.39, 0.29) is 18.6 Å². The van der Waals surface area contributed by atoms with Gasteiger partial charge in [0.1, 0.15) is 6.61 Å². The molecule has 1 amide bonds. The third-order valence-corrected chi connectivity index (χ3v) is 5.00. The first-order chi connectivity index (χ1) is 10.1. The fourth-order valence-electron chi connectivity index (χ4n) is 3.42. The molecule has 0 bridgehead atoms. The average molecular weight is 289 g/mol. The largest absolute Gasteiger partial charge is 0.481 e. The van der Waals surface area contributed by atoms with Gasteiger partial charge in [-0.1, -0.05) is 36.8 Å². The summed E-state index contributed by atoms with van der Waals surface area (Å²) in [6.45, 7) is 0.355. The van der Waals surface area contributed by atoms with E-state index in [0.717, 1.165) is 24.8 Å². The Labute approximate surface area is 123 Å². The summed E-state index contributed by atoms with van der Waals surface area (Å²) in [7, 11) is 0. The number of ether oxygens (including phenoxy) is 1. The van der Waals surface area contributed by atoms with Crippen LogP contribution in [-0.4, -0.2) is 23.7 Å². The van der Waals surface area contributed by atoms with E-state index in [1.54, 1.807) is 0 Å². The summed E-state index contributed by atoms with van der Waals surface area (Å²) in [5.41, 5.74) is 0.0743. The Morgan fingerprint density at radius 3 is 2.48 bits per heavy atom. The van der Waals surface area contributed by atoms with Crippen LogP contribution < -0.4 is 5.32 Å². The van der Waals surface area contributed by atoms with Gasteiger partial charge in [0.05, 0.1) is 5.41 Å². The number of aliphatic carboxylic acids is 1. The van der Waals surface area contributed by atoms with Crippen molar-refractivity contribution < 1.29 is 19.4 Å². The molecule has 1 spiro atoms. The van der Waals surface area contributed by atoms with Gasteiger partial charge in [-0.15, -0.1) is 0 Å². The highest BCUT2D eigenvalue weighted by atomic mass is 16.5. The second kappa shape index (κ2) is 5.06. The Bertz CT molecular complexity index is 553. The van der Waals surface area contributed by atoms with Gasteiger partial charge < -0.3 is 15.2 Å². The van der Waals surface area contributed by atoms with Crippen LogP contribution in [0.15, 0.2) is 30.3 Å². The first-order valence-electron chi connectivity index (χ1n) is 7.26. The van der Waals surface area contributed by atoms with Crippen LogP contribution in [0.25, 0.3) is 0 Å². The predicted molar refractivity (Wildman–Crippen MR) is 75.6 cm³/mol. The Morgan fingerprint density at radius 1 is 1.24 bits per heavy atom. The molecule has 0 saturated heterocycles. The zero-order valence-corrected chi connectivity index (χ0v) is 11.8. The number of hydrogen-bond acceptors (Lipinski definition) is 3. The minimum atomic E-state index is -0.800. The molecule has 2 saturated carbocycles. The Morgan fingerprint density at radius 2 is 1.95 bits per heavy atom. The van der Waals surface area contributed by atoms with Crippen LogP contribution in [0, 0.1) is 10.8 Å². The minimum Gasteiger partial charge on any atom is -0.481 e. The maximum atomic E-state index is 11.7. The van der Waals surface area contributed by atoms with E-state index in [1.807, 2.05) is 30.3 Å². The van der Waals surface area contributed by atoms with Crippen molar-refractivity contribution in [2.75, 3.05) is 6.54 Å².